The Kier molecular flexibility index (Phi) is 5.33. The zero-order chi connectivity index (χ0) is 12.6. The third-order valence-corrected chi connectivity index (χ3v) is 3.59. The molecule has 96 valence electrons. The summed E-state index contributed by atoms with van der Waals surface area (Å²) in [5.74, 6) is 0. The Morgan fingerprint density at radius 3 is 2.83 bits per heavy atom. The van der Waals surface area contributed by atoms with E-state index in [1.807, 2.05) is 17.6 Å². The molecule has 1 aromatic heterocycles. The maximum absolute atomic E-state index is 5.27. The lowest BCUT2D eigenvalue weighted by Crippen LogP contribution is -2.27. The molecule has 0 aliphatic heterocycles. The molecule has 1 aromatic carbocycles. The van der Waals surface area contributed by atoms with E-state index in [0.717, 1.165) is 13.0 Å². The van der Waals surface area contributed by atoms with Gasteiger partial charge in [0.2, 0.25) is 0 Å². The summed E-state index contributed by atoms with van der Waals surface area (Å²) >= 11 is 1.70. The summed E-state index contributed by atoms with van der Waals surface area (Å²) in [5.41, 5.74) is 1.26. The van der Waals surface area contributed by atoms with Gasteiger partial charge in [-0.1, -0.05) is 30.3 Å². The highest BCUT2D eigenvalue weighted by molar-refractivity contribution is 7.09. The van der Waals surface area contributed by atoms with Crippen LogP contribution in [0.3, 0.4) is 0 Å². The number of aromatic nitrogens is 1. The molecule has 1 N–H and O–H groups in total. The van der Waals surface area contributed by atoms with E-state index in [9.17, 15) is 0 Å². The van der Waals surface area contributed by atoms with Crippen LogP contribution in [0.15, 0.2) is 41.9 Å². The number of nitrogens with zero attached hydrogens (tertiary/aromatic N) is 1. The molecule has 1 unspecified atom stereocenters. The molecule has 0 aliphatic carbocycles. The minimum Gasteiger partial charge on any atom is -0.383 e. The lowest BCUT2D eigenvalue weighted by Gasteiger charge is -2.18. The largest absolute Gasteiger partial charge is 0.383 e. The number of hydrogen-bond acceptors (Lipinski definition) is 4. The van der Waals surface area contributed by atoms with Crippen molar-refractivity contribution in [3.63, 3.8) is 0 Å². The first kappa shape index (κ1) is 13.2. The molecule has 18 heavy (non-hydrogen) atoms. The van der Waals surface area contributed by atoms with E-state index < -0.39 is 0 Å². The number of ether oxygens (including phenoxy) is 1. The third kappa shape index (κ3) is 3.91. The van der Waals surface area contributed by atoms with Crippen LogP contribution in [0.1, 0.15) is 16.6 Å². The van der Waals surface area contributed by atoms with Gasteiger partial charge in [-0.15, -0.1) is 11.3 Å². The molecule has 0 saturated heterocycles. The van der Waals surface area contributed by atoms with Gasteiger partial charge in [0.25, 0.3) is 0 Å². The topological polar surface area (TPSA) is 34.1 Å². The smallest absolute Gasteiger partial charge is 0.0937 e. The Labute approximate surface area is 112 Å². The lowest BCUT2D eigenvalue weighted by molar-refractivity contribution is 0.167. The van der Waals surface area contributed by atoms with Crippen molar-refractivity contribution in [2.75, 3.05) is 20.3 Å². The van der Waals surface area contributed by atoms with E-state index in [2.05, 4.69) is 34.6 Å². The summed E-state index contributed by atoms with van der Waals surface area (Å²) in [6, 6.07) is 10.6. The van der Waals surface area contributed by atoms with Gasteiger partial charge in [-0.25, -0.2) is 4.98 Å². The third-order valence-electron chi connectivity index (χ3n) is 2.75. The zero-order valence-electron chi connectivity index (χ0n) is 10.5. The van der Waals surface area contributed by atoms with E-state index in [0.29, 0.717) is 6.61 Å². The molecule has 0 fully saturated rings. The van der Waals surface area contributed by atoms with Crippen molar-refractivity contribution in [3.8, 4) is 0 Å². The second kappa shape index (κ2) is 7.26. The summed E-state index contributed by atoms with van der Waals surface area (Å²) in [5, 5.41) is 6.70. The molecule has 0 saturated carbocycles. The van der Waals surface area contributed by atoms with Gasteiger partial charge in [-0.2, -0.15) is 0 Å². The number of benzene rings is 1. The van der Waals surface area contributed by atoms with Crippen LogP contribution in [-0.4, -0.2) is 25.2 Å². The van der Waals surface area contributed by atoms with E-state index in [-0.39, 0.29) is 6.04 Å². The first-order chi connectivity index (χ1) is 8.90. The molecule has 0 spiro atoms. The first-order valence-electron chi connectivity index (χ1n) is 6.06. The normalized spacial score (nSPS) is 12.5. The molecule has 2 rings (SSSR count). The van der Waals surface area contributed by atoms with Crippen molar-refractivity contribution in [3.05, 3.63) is 52.5 Å². The van der Waals surface area contributed by atoms with Crippen LogP contribution in [0, 0.1) is 0 Å². The average molecular weight is 262 g/mol. The maximum atomic E-state index is 5.27. The highest BCUT2D eigenvalue weighted by Crippen LogP contribution is 2.13. The Bertz CT molecular complexity index is 430. The Balaban J connectivity index is 1.87. The van der Waals surface area contributed by atoms with Crippen LogP contribution in [0.2, 0.25) is 0 Å². The van der Waals surface area contributed by atoms with Crippen molar-refractivity contribution in [1.29, 1.82) is 0 Å². The second-order valence-electron chi connectivity index (χ2n) is 4.05. The molecule has 0 aliphatic rings. The molecule has 0 bridgehead atoms. The SMILES string of the molecule is COCC(NCCc1nccs1)c1ccccc1. The van der Waals surface area contributed by atoms with Gasteiger partial charge >= 0.3 is 0 Å². The van der Waals surface area contributed by atoms with Gasteiger partial charge in [-0.05, 0) is 5.56 Å². The van der Waals surface area contributed by atoms with Gasteiger partial charge in [-0.3, -0.25) is 0 Å². The molecule has 0 amide bonds. The standard InChI is InChI=1S/C14H18N2OS/c1-17-11-13(12-5-3-2-4-6-12)15-8-7-14-16-9-10-18-14/h2-6,9-10,13,15H,7-8,11H2,1H3. The number of hydrogen-bond donors (Lipinski definition) is 1. The Morgan fingerprint density at radius 1 is 1.33 bits per heavy atom. The van der Waals surface area contributed by atoms with Gasteiger partial charge in [0.15, 0.2) is 0 Å². The predicted octanol–water partition coefficient (Wildman–Crippen LogP) is 2.66. The molecule has 0 radical (unpaired) electrons. The monoisotopic (exact) mass is 262 g/mol. The van der Waals surface area contributed by atoms with Gasteiger partial charge in [0, 0.05) is 31.7 Å². The quantitative estimate of drug-likeness (QED) is 0.833. The van der Waals surface area contributed by atoms with Crippen molar-refractivity contribution in [2.45, 2.75) is 12.5 Å². The summed E-state index contributed by atoms with van der Waals surface area (Å²) in [4.78, 5) is 4.28. The van der Waals surface area contributed by atoms with Crippen LogP contribution in [0.25, 0.3) is 0 Å². The fourth-order valence-electron chi connectivity index (χ4n) is 1.85. The minimum atomic E-state index is 0.246. The predicted molar refractivity (Wildman–Crippen MR) is 74.9 cm³/mol. The van der Waals surface area contributed by atoms with E-state index in [1.54, 1.807) is 18.4 Å². The molecular formula is C14H18N2OS. The number of methoxy groups -OCH3 is 1. The highest BCUT2D eigenvalue weighted by Gasteiger charge is 2.09. The second-order valence-corrected chi connectivity index (χ2v) is 5.03. The van der Waals surface area contributed by atoms with Crippen LogP contribution >= 0.6 is 11.3 Å². The van der Waals surface area contributed by atoms with E-state index in [4.69, 9.17) is 4.74 Å². The summed E-state index contributed by atoms with van der Waals surface area (Å²) in [6.45, 7) is 1.60. The molecular weight excluding hydrogens is 244 g/mol. The Hall–Kier alpha value is -1.23. The van der Waals surface area contributed by atoms with Crippen LogP contribution < -0.4 is 5.32 Å². The summed E-state index contributed by atoms with van der Waals surface area (Å²) < 4.78 is 5.27. The fraction of sp³-hybridized carbons (Fsp3) is 0.357. The molecule has 1 heterocycles. The Morgan fingerprint density at radius 2 is 2.17 bits per heavy atom. The molecule has 2 aromatic rings. The van der Waals surface area contributed by atoms with E-state index in [1.165, 1.54) is 10.6 Å². The first-order valence-corrected chi connectivity index (χ1v) is 6.93. The number of thiazole rings is 1. The highest BCUT2D eigenvalue weighted by atomic mass is 32.1. The van der Waals surface area contributed by atoms with Gasteiger partial charge in [0.05, 0.1) is 17.7 Å². The van der Waals surface area contributed by atoms with Crippen molar-refractivity contribution < 1.29 is 4.74 Å². The summed E-state index contributed by atoms with van der Waals surface area (Å²) in [7, 11) is 1.73. The van der Waals surface area contributed by atoms with Crippen molar-refractivity contribution in [2.24, 2.45) is 0 Å². The average Bonchev–Trinajstić information content (AvgIpc) is 2.92. The van der Waals surface area contributed by atoms with Gasteiger partial charge in [0.1, 0.15) is 0 Å². The van der Waals surface area contributed by atoms with Crippen molar-refractivity contribution in [1.82, 2.24) is 10.3 Å². The van der Waals surface area contributed by atoms with Gasteiger partial charge < -0.3 is 10.1 Å². The maximum Gasteiger partial charge on any atom is 0.0937 e. The van der Waals surface area contributed by atoms with Crippen LogP contribution in [0.5, 0.6) is 0 Å². The van der Waals surface area contributed by atoms with E-state index >= 15 is 0 Å². The van der Waals surface area contributed by atoms with Crippen LogP contribution in [-0.2, 0) is 11.2 Å². The fourth-order valence-corrected chi connectivity index (χ4v) is 2.48. The molecule has 1 atom stereocenters. The molecule has 4 heteroatoms. The summed E-state index contributed by atoms with van der Waals surface area (Å²) in [6.07, 6.45) is 2.81. The number of rotatable bonds is 7. The molecule has 3 nitrogen and oxygen atoms in total. The van der Waals surface area contributed by atoms with Crippen LogP contribution in [0.4, 0.5) is 0 Å². The lowest BCUT2D eigenvalue weighted by atomic mass is 10.1. The minimum absolute atomic E-state index is 0.246. The number of nitrogens with one attached hydrogen (secondary N) is 1. The van der Waals surface area contributed by atoms with Crippen molar-refractivity contribution >= 4 is 11.3 Å². The zero-order valence-corrected chi connectivity index (χ0v) is 11.3.